The van der Waals surface area contributed by atoms with Crippen LogP contribution in [0.25, 0.3) is 0 Å². The molecule has 0 fully saturated rings. The van der Waals surface area contributed by atoms with Gasteiger partial charge in [-0.15, -0.1) is 0 Å². The molecule has 0 saturated heterocycles. The molecular formula is C12H13FN4O2. The summed E-state index contributed by atoms with van der Waals surface area (Å²) in [4.78, 5) is 15.4. The second-order valence-corrected chi connectivity index (χ2v) is 3.82. The Morgan fingerprint density at radius 2 is 2.11 bits per heavy atom. The fourth-order valence-electron chi connectivity index (χ4n) is 1.44. The van der Waals surface area contributed by atoms with Gasteiger partial charge in [0.05, 0.1) is 6.54 Å². The lowest BCUT2D eigenvalue weighted by Crippen LogP contribution is -2.29. The molecular weight excluding hydrogens is 251 g/mol. The van der Waals surface area contributed by atoms with Crippen LogP contribution in [0.4, 0.5) is 10.1 Å². The molecule has 0 bridgehead atoms. The minimum Gasteiger partial charge on any atom is -0.340 e. The molecule has 0 aliphatic carbocycles. The van der Waals surface area contributed by atoms with E-state index >= 15 is 0 Å². The van der Waals surface area contributed by atoms with Gasteiger partial charge in [0.25, 0.3) is 0 Å². The van der Waals surface area contributed by atoms with E-state index in [0.29, 0.717) is 24.5 Å². The average molecular weight is 264 g/mol. The maximum atomic E-state index is 12.7. The smallest absolute Gasteiger partial charge is 0.238 e. The van der Waals surface area contributed by atoms with E-state index in [1.807, 2.05) is 0 Å². The van der Waals surface area contributed by atoms with E-state index in [-0.39, 0.29) is 18.3 Å². The number of aromatic nitrogens is 2. The zero-order valence-corrected chi connectivity index (χ0v) is 10.1. The summed E-state index contributed by atoms with van der Waals surface area (Å²) in [6.07, 6.45) is 1.89. The molecule has 1 amide bonds. The Labute approximate surface area is 109 Å². The van der Waals surface area contributed by atoms with Crippen LogP contribution in [-0.4, -0.2) is 29.1 Å². The third kappa shape index (κ3) is 4.47. The Morgan fingerprint density at radius 1 is 1.32 bits per heavy atom. The molecule has 0 saturated carbocycles. The second-order valence-electron chi connectivity index (χ2n) is 3.82. The van der Waals surface area contributed by atoms with Gasteiger partial charge in [-0.1, -0.05) is 5.16 Å². The number of carbonyl (C=O) groups excluding carboxylic acids is 1. The van der Waals surface area contributed by atoms with Crippen molar-refractivity contribution in [2.24, 2.45) is 0 Å². The van der Waals surface area contributed by atoms with Crippen LogP contribution in [0, 0.1) is 5.82 Å². The number of nitrogens with zero attached hydrogens (tertiary/aromatic N) is 2. The minimum atomic E-state index is -0.337. The molecule has 0 radical (unpaired) electrons. The monoisotopic (exact) mass is 264 g/mol. The predicted molar refractivity (Wildman–Crippen MR) is 65.9 cm³/mol. The molecule has 0 spiro atoms. The summed E-state index contributed by atoms with van der Waals surface area (Å²) in [7, 11) is 0. The normalized spacial score (nSPS) is 10.4. The number of amides is 1. The minimum absolute atomic E-state index is 0.158. The van der Waals surface area contributed by atoms with Gasteiger partial charge in [-0.2, -0.15) is 4.98 Å². The van der Waals surface area contributed by atoms with Crippen LogP contribution < -0.4 is 10.6 Å². The van der Waals surface area contributed by atoms with Gasteiger partial charge in [-0.25, -0.2) is 4.39 Å². The molecule has 0 atom stereocenters. The van der Waals surface area contributed by atoms with Crippen molar-refractivity contribution in [2.75, 3.05) is 18.4 Å². The first-order valence-electron chi connectivity index (χ1n) is 5.76. The van der Waals surface area contributed by atoms with Crippen molar-refractivity contribution in [1.29, 1.82) is 0 Å². The fourth-order valence-corrected chi connectivity index (χ4v) is 1.44. The van der Waals surface area contributed by atoms with Gasteiger partial charge in [-0.05, 0) is 24.3 Å². The fraction of sp³-hybridized carbons (Fsp3) is 0.250. The molecule has 100 valence electrons. The van der Waals surface area contributed by atoms with Gasteiger partial charge >= 0.3 is 0 Å². The van der Waals surface area contributed by atoms with Crippen molar-refractivity contribution in [3.05, 3.63) is 42.3 Å². The van der Waals surface area contributed by atoms with Gasteiger partial charge in [-0.3, -0.25) is 4.79 Å². The summed E-state index contributed by atoms with van der Waals surface area (Å²) in [5.74, 6) is -0.0146. The van der Waals surface area contributed by atoms with E-state index < -0.39 is 0 Å². The van der Waals surface area contributed by atoms with E-state index in [1.54, 1.807) is 0 Å². The summed E-state index contributed by atoms with van der Waals surface area (Å²) in [5.41, 5.74) is 0.560. The molecule has 7 heteroatoms. The van der Waals surface area contributed by atoms with Crippen molar-refractivity contribution in [2.45, 2.75) is 6.42 Å². The number of hydrogen-bond donors (Lipinski definition) is 2. The highest BCUT2D eigenvalue weighted by molar-refractivity contribution is 5.92. The molecule has 1 aromatic carbocycles. The van der Waals surface area contributed by atoms with Crippen LogP contribution in [0.5, 0.6) is 0 Å². The molecule has 0 aliphatic heterocycles. The summed E-state index contributed by atoms with van der Waals surface area (Å²) in [6.45, 7) is 0.713. The first-order valence-corrected chi connectivity index (χ1v) is 5.76. The maximum absolute atomic E-state index is 12.7. The van der Waals surface area contributed by atoms with Crippen LogP contribution in [0.1, 0.15) is 5.89 Å². The van der Waals surface area contributed by atoms with Gasteiger partial charge in [0.2, 0.25) is 11.8 Å². The number of carbonyl (C=O) groups is 1. The number of benzene rings is 1. The topological polar surface area (TPSA) is 80.1 Å². The van der Waals surface area contributed by atoms with E-state index in [2.05, 4.69) is 20.8 Å². The predicted octanol–water partition coefficient (Wildman–Crippen LogP) is 0.979. The van der Waals surface area contributed by atoms with E-state index in [4.69, 9.17) is 4.52 Å². The van der Waals surface area contributed by atoms with E-state index in [1.165, 1.54) is 30.6 Å². The Kier molecular flexibility index (Phi) is 4.57. The summed E-state index contributed by atoms with van der Waals surface area (Å²) < 4.78 is 17.5. The summed E-state index contributed by atoms with van der Waals surface area (Å²) in [5, 5.41) is 9.06. The average Bonchev–Trinajstić information content (AvgIpc) is 2.91. The highest BCUT2D eigenvalue weighted by atomic mass is 19.1. The van der Waals surface area contributed by atoms with Gasteiger partial charge in [0, 0.05) is 18.7 Å². The van der Waals surface area contributed by atoms with Gasteiger partial charge in [0.1, 0.15) is 5.82 Å². The second kappa shape index (κ2) is 6.60. The Balaban J connectivity index is 1.65. The van der Waals surface area contributed by atoms with Gasteiger partial charge in [0.15, 0.2) is 6.33 Å². The number of hydrogen-bond acceptors (Lipinski definition) is 5. The molecule has 1 heterocycles. The standard InChI is InChI=1S/C12H13FN4O2/c13-9-1-3-10(4-2-9)17-11(18)7-14-6-5-12-15-8-16-19-12/h1-4,8,14H,5-7H2,(H,17,18). The third-order valence-electron chi connectivity index (χ3n) is 2.34. The molecule has 2 aromatic rings. The van der Waals surface area contributed by atoms with E-state index in [0.717, 1.165) is 0 Å². The SMILES string of the molecule is O=C(CNCCc1ncno1)Nc1ccc(F)cc1. The van der Waals surface area contributed by atoms with Crippen LogP contribution in [0.15, 0.2) is 35.1 Å². The molecule has 0 unspecified atom stereocenters. The van der Waals surface area contributed by atoms with Crippen LogP contribution in [0.3, 0.4) is 0 Å². The van der Waals surface area contributed by atoms with Crippen LogP contribution >= 0.6 is 0 Å². The summed E-state index contributed by atoms with van der Waals surface area (Å²) >= 11 is 0. The van der Waals surface area contributed by atoms with Crippen molar-refractivity contribution < 1.29 is 13.7 Å². The van der Waals surface area contributed by atoms with Gasteiger partial charge < -0.3 is 15.2 Å². The summed E-state index contributed by atoms with van der Waals surface area (Å²) in [6, 6.07) is 5.59. The quantitative estimate of drug-likeness (QED) is 0.760. The van der Waals surface area contributed by atoms with Crippen molar-refractivity contribution in [3.63, 3.8) is 0 Å². The number of halogens is 1. The highest BCUT2D eigenvalue weighted by Gasteiger charge is 2.03. The molecule has 2 rings (SSSR count). The van der Waals surface area contributed by atoms with Crippen LogP contribution in [-0.2, 0) is 11.2 Å². The lowest BCUT2D eigenvalue weighted by Gasteiger charge is -2.05. The molecule has 19 heavy (non-hydrogen) atoms. The molecule has 6 nitrogen and oxygen atoms in total. The number of anilines is 1. The Bertz CT molecular complexity index is 513. The van der Waals surface area contributed by atoms with E-state index in [9.17, 15) is 9.18 Å². The molecule has 0 aliphatic rings. The lowest BCUT2D eigenvalue weighted by atomic mass is 10.3. The zero-order chi connectivity index (χ0) is 13.5. The first kappa shape index (κ1) is 13.2. The number of rotatable bonds is 6. The Hall–Kier alpha value is -2.28. The molecule has 1 aromatic heterocycles. The van der Waals surface area contributed by atoms with Crippen molar-refractivity contribution in [1.82, 2.24) is 15.5 Å². The lowest BCUT2D eigenvalue weighted by molar-refractivity contribution is -0.115. The molecule has 2 N–H and O–H groups in total. The van der Waals surface area contributed by atoms with Crippen LogP contribution in [0.2, 0.25) is 0 Å². The first-order chi connectivity index (χ1) is 9.24. The third-order valence-corrected chi connectivity index (χ3v) is 2.34. The Morgan fingerprint density at radius 3 is 2.79 bits per heavy atom. The highest BCUT2D eigenvalue weighted by Crippen LogP contribution is 2.07. The van der Waals surface area contributed by atoms with Crippen molar-refractivity contribution >= 4 is 11.6 Å². The maximum Gasteiger partial charge on any atom is 0.238 e. The largest absolute Gasteiger partial charge is 0.340 e. The zero-order valence-electron chi connectivity index (χ0n) is 10.1. The van der Waals surface area contributed by atoms with Crippen molar-refractivity contribution in [3.8, 4) is 0 Å². The number of nitrogens with one attached hydrogen (secondary N) is 2.